The van der Waals surface area contributed by atoms with Crippen LogP contribution in [0.25, 0.3) is 0 Å². The molecule has 2 amide bonds. The van der Waals surface area contributed by atoms with Gasteiger partial charge in [-0.05, 0) is 31.4 Å². The van der Waals surface area contributed by atoms with E-state index in [9.17, 15) is 9.59 Å². The summed E-state index contributed by atoms with van der Waals surface area (Å²) in [6, 6.07) is 5.44. The van der Waals surface area contributed by atoms with Crippen LogP contribution in [0.1, 0.15) is 32.6 Å². The predicted octanol–water partition coefficient (Wildman–Crippen LogP) is 2.44. The van der Waals surface area contributed by atoms with Gasteiger partial charge in [0.05, 0.1) is 0 Å². The van der Waals surface area contributed by atoms with Crippen LogP contribution in [0.2, 0.25) is 0 Å². The number of amides is 2. The molecule has 0 aliphatic carbocycles. The first-order valence-corrected chi connectivity index (χ1v) is 8.65. The summed E-state index contributed by atoms with van der Waals surface area (Å²) in [5.74, 6) is 1.53. The fraction of sp³-hybridized carbons (Fsp3) is 0.556. The standard InChI is InChI=1S/C18H24N2O4/c1-2-3-17(21)20-8-6-13(7-9-20)18(22)19-14-4-5-15-16(12-14)24-11-10-23-15/h4-5,12-13H,2-3,6-11H2,1H3,(H,19,22). The van der Waals surface area contributed by atoms with Gasteiger partial charge in [0.2, 0.25) is 11.8 Å². The summed E-state index contributed by atoms with van der Waals surface area (Å²) < 4.78 is 11.0. The van der Waals surface area contributed by atoms with Crippen molar-refractivity contribution in [3.63, 3.8) is 0 Å². The summed E-state index contributed by atoms with van der Waals surface area (Å²) in [5, 5.41) is 2.95. The monoisotopic (exact) mass is 332 g/mol. The van der Waals surface area contributed by atoms with E-state index >= 15 is 0 Å². The molecule has 1 aromatic carbocycles. The van der Waals surface area contributed by atoms with E-state index in [0.717, 1.165) is 6.42 Å². The zero-order chi connectivity index (χ0) is 16.9. The Bertz CT molecular complexity index is 609. The number of rotatable bonds is 4. The van der Waals surface area contributed by atoms with Gasteiger partial charge in [-0.3, -0.25) is 9.59 Å². The second kappa shape index (κ2) is 7.55. The van der Waals surface area contributed by atoms with Gasteiger partial charge in [0.25, 0.3) is 0 Å². The lowest BCUT2D eigenvalue weighted by Gasteiger charge is -2.31. The molecule has 6 heteroatoms. The van der Waals surface area contributed by atoms with Gasteiger partial charge in [-0.25, -0.2) is 0 Å². The van der Waals surface area contributed by atoms with Gasteiger partial charge in [0.15, 0.2) is 11.5 Å². The number of nitrogens with one attached hydrogen (secondary N) is 1. The van der Waals surface area contributed by atoms with Gasteiger partial charge in [-0.1, -0.05) is 6.92 Å². The number of nitrogens with zero attached hydrogens (tertiary/aromatic N) is 1. The molecule has 6 nitrogen and oxygen atoms in total. The van der Waals surface area contributed by atoms with Crippen LogP contribution >= 0.6 is 0 Å². The third kappa shape index (κ3) is 3.80. The highest BCUT2D eigenvalue weighted by atomic mass is 16.6. The molecule has 0 atom stereocenters. The lowest BCUT2D eigenvalue weighted by molar-refractivity contribution is -0.134. The molecule has 2 aliphatic heterocycles. The highest BCUT2D eigenvalue weighted by molar-refractivity contribution is 5.93. The molecule has 2 aliphatic rings. The number of likely N-dealkylation sites (tertiary alicyclic amines) is 1. The predicted molar refractivity (Wildman–Crippen MR) is 90.3 cm³/mol. The Labute approximate surface area is 142 Å². The minimum atomic E-state index is -0.0520. The average molecular weight is 332 g/mol. The number of carbonyl (C=O) groups excluding carboxylic acids is 2. The first-order valence-electron chi connectivity index (χ1n) is 8.65. The topological polar surface area (TPSA) is 67.9 Å². The minimum Gasteiger partial charge on any atom is -0.486 e. The van der Waals surface area contributed by atoms with Gasteiger partial charge in [0.1, 0.15) is 13.2 Å². The Morgan fingerprint density at radius 3 is 2.58 bits per heavy atom. The van der Waals surface area contributed by atoms with Crippen LogP contribution in [0, 0.1) is 5.92 Å². The van der Waals surface area contributed by atoms with E-state index in [4.69, 9.17) is 9.47 Å². The van der Waals surface area contributed by atoms with Gasteiger partial charge in [0, 0.05) is 37.2 Å². The molecule has 1 N–H and O–H groups in total. The van der Waals surface area contributed by atoms with Crippen molar-refractivity contribution in [2.45, 2.75) is 32.6 Å². The van der Waals surface area contributed by atoms with E-state index in [1.165, 1.54) is 0 Å². The smallest absolute Gasteiger partial charge is 0.227 e. The maximum atomic E-state index is 12.5. The summed E-state index contributed by atoms with van der Waals surface area (Å²) >= 11 is 0. The molecule has 0 unspecified atom stereocenters. The van der Waals surface area contributed by atoms with E-state index < -0.39 is 0 Å². The van der Waals surface area contributed by atoms with Gasteiger partial charge < -0.3 is 19.7 Å². The van der Waals surface area contributed by atoms with Crippen molar-refractivity contribution in [1.29, 1.82) is 0 Å². The van der Waals surface area contributed by atoms with Crippen molar-refractivity contribution in [3.05, 3.63) is 18.2 Å². The number of piperidine rings is 1. The zero-order valence-corrected chi connectivity index (χ0v) is 14.0. The molecule has 3 rings (SSSR count). The van der Waals surface area contributed by atoms with Crippen LogP contribution in [0.3, 0.4) is 0 Å². The summed E-state index contributed by atoms with van der Waals surface area (Å²) in [5.41, 5.74) is 0.716. The molecule has 24 heavy (non-hydrogen) atoms. The molecule has 0 bridgehead atoms. The molecule has 0 radical (unpaired) electrons. The third-order valence-corrected chi connectivity index (χ3v) is 4.49. The largest absolute Gasteiger partial charge is 0.486 e. The molecule has 2 heterocycles. The maximum absolute atomic E-state index is 12.5. The van der Waals surface area contributed by atoms with Gasteiger partial charge >= 0.3 is 0 Å². The van der Waals surface area contributed by atoms with Crippen LogP contribution in [0.5, 0.6) is 11.5 Å². The normalized spacial score (nSPS) is 17.5. The van der Waals surface area contributed by atoms with Crippen molar-refractivity contribution in [1.82, 2.24) is 4.90 Å². The maximum Gasteiger partial charge on any atom is 0.227 e. The number of ether oxygens (including phenoxy) is 2. The number of hydrogen-bond donors (Lipinski definition) is 1. The molecule has 0 saturated carbocycles. The highest BCUT2D eigenvalue weighted by Crippen LogP contribution is 2.33. The lowest BCUT2D eigenvalue weighted by Crippen LogP contribution is -2.41. The van der Waals surface area contributed by atoms with Crippen LogP contribution < -0.4 is 14.8 Å². The second-order valence-electron chi connectivity index (χ2n) is 6.25. The number of carbonyl (C=O) groups is 2. The molecule has 0 spiro atoms. The molecule has 1 fully saturated rings. The number of benzene rings is 1. The Balaban J connectivity index is 1.53. The second-order valence-corrected chi connectivity index (χ2v) is 6.25. The Morgan fingerprint density at radius 2 is 1.88 bits per heavy atom. The molecule has 1 aromatic rings. The van der Waals surface area contributed by atoms with Crippen LogP contribution in [-0.2, 0) is 9.59 Å². The molecular formula is C18H24N2O4. The SMILES string of the molecule is CCCC(=O)N1CCC(C(=O)Nc2ccc3c(c2)OCCO3)CC1. The Hall–Kier alpha value is -2.24. The van der Waals surface area contributed by atoms with Crippen molar-refractivity contribution in [2.24, 2.45) is 5.92 Å². The van der Waals surface area contributed by atoms with Gasteiger partial charge in [-0.15, -0.1) is 0 Å². The van der Waals surface area contributed by atoms with Crippen molar-refractivity contribution < 1.29 is 19.1 Å². The molecule has 0 aromatic heterocycles. The molecule has 130 valence electrons. The van der Waals surface area contributed by atoms with Crippen molar-refractivity contribution >= 4 is 17.5 Å². The highest BCUT2D eigenvalue weighted by Gasteiger charge is 2.27. The number of fused-ring (bicyclic) bond motifs is 1. The van der Waals surface area contributed by atoms with E-state index in [-0.39, 0.29) is 17.7 Å². The van der Waals surface area contributed by atoms with E-state index in [1.54, 1.807) is 6.07 Å². The summed E-state index contributed by atoms with van der Waals surface area (Å²) in [6.45, 7) is 4.41. The van der Waals surface area contributed by atoms with E-state index in [1.807, 2.05) is 24.0 Å². The van der Waals surface area contributed by atoms with Crippen LogP contribution in [0.4, 0.5) is 5.69 Å². The van der Waals surface area contributed by atoms with Crippen molar-refractivity contribution in [3.8, 4) is 11.5 Å². The summed E-state index contributed by atoms with van der Waals surface area (Å²) in [4.78, 5) is 26.2. The quantitative estimate of drug-likeness (QED) is 0.919. The Kier molecular flexibility index (Phi) is 5.23. The first kappa shape index (κ1) is 16.6. The Morgan fingerprint density at radius 1 is 1.17 bits per heavy atom. The first-order chi connectivity index (χ1) is 11.7. The van der Waals surface area contributed by atoms with E-state index in [2.05, 4.69) is 5.32 Å². The fourth-order valence-corrected chi connectivity index (χ4v) is 3.13. The third-order valence-electron chi connectivity index (χ3n) is 4.49. The molecular weight excluding hydrogens is 308 g/mol. The molecule has 1 saturated heterocycles. The van der Waals surface area contributed by atoms with Gasteiger partial charge in [-0.2, -0.15) is 0 Å². The van der Waals surface area contributed by atoms with Crippen LogP contribution in [0.15, 0.2) is 18.2 Å². The number of anilines is 1. The minimum absolute atomic E-state index is 0.00858. The summed E-state index contributed by atoms with van der Waals surface area (Å²) in [6.07, 6.45) is 2.88. The zero-order valence-electron chi connectivity index (χ0n) is 14.0. The summed E-state index contributed by atoms with van der Waals surface area (Å²) in [7, 11) is 0. The fourth-order valence-electron chi connectivity index (χ4n) is 3.13. The number of hydrogen-bond acceptors (Lipinski definition) is 4. The van der Waals surface area contributed by atoms with E-state index in [0.29, 0.717) is 62.8 Å². The lowest BCUT2D eigenvalue weighted by atomic mass is 9.95. The van der Waals surface area contributed by atoms with Crippen molar-refractivity contribution in [2.75, 3.05) is 31.6 Å². The average Bonchev–Trinajstić information content (AvgIpc) is 2.62. The van der Waals surface area contributed by atoms with Crippen LogP contribution in [-0.4, -0.2) is 43.0 Å².